The number of ether oxygens (including phenoxy) is 3. The average molecular weight is 407 g/mol. The smallest absolute Gasteiger partial charge is 0.225 e. The van der Waals surface area contributed by atoms with E-state index in [1.807, 2.05) is 24.5 Å². The molecule has 8 heteroatoms. The summed E-state index contributed by atoms with van der Waals surface area (Å²) in [6.07, 6.45) is 6.07. The number of nitrogens with two attached hydrogens (primary N) is 1. The minimum absolute atomic E-state index is 0.0193. The molecule has 5 rings (SSSR count). The maximum Gasteiger partial charge on any atom is 0.225 e. The van der Waals surface area contributed by atoms with Crippen LogP contribution in [0.3, 0.4) is 0 Å². The van der Waals surface area contributed by atoms with Crippen LogP contribution in [-0.4, -0.2) is 52.8 Å². The lowest BCUT2D eigenvalue weighted by Crippen LogP contribution is -2.27. The zero-order chi connectivity index (χ0) is 20.5. The van der Waals surface area contributed by atoms with Crippen LogP contribution in [0.1, 0.15) is 36.4 Å². The van der Waals surface area contributed by atoms with E-state index in [4.69, 9.17) is 25.4 Å². The molecule has 1 aromatic carbocycles. The van der Waals surface area contributed by atoms with Gasteiger partial charge in [-0.1, -0.05) is 6.07 Å². The third-order valence-corrected chi connectivity index (χ3v) is 5.81. The molecule has 0 saturated carbocycles. The number of hydrogen-bond acceptors (Lipinski definition) is 7. The van der Waals surface area contributed by atoms with Gasteiger partial charge in [-0.3, -0.25) is 5.41 Å². The van der Waals surface area contributed by atoms with Crippen molar-refractivity contribution in [2.45, 2.75) is 31.4 Å². The van der Waals surface area contributed by atoms with E-state index in [2.05, 4.69) is 14.5 Å². The molecule has 156 valence electrons. The van der Waals surface area contributed by atoms with Crippen LogP contribution < -0.4 is 10.5 Å². The Hall–Kier alpha value is -2.97. The highest BCUT2D eigenvalue weighted by molar-refractivity contribution is 6.16. The van der Waals surface area contributed by atoms with Crippen LogP contribution >= 0.6 is 0 Å². The predicted octanol–water partition coefficient (Wildman–Crippen LogP) is 2.95. The van der Waals surface area contributed by atoms with Gasteiger partial charge in [0.05, 0.1) is 54.5 Å². The Balaban J connectivity index is 1.49. The molecule has 4 heterocycles. The Morgan fingerprint density at radius 3 is 2.73 bits per heavy atom. The second-order valence-corrected chi connectivity index (χ2v) is 7.76. The number of rotatable bonds is 5. The minimum atomic E-state index is 0.0193. The highest BCUT2D eigenvalue weighted by Crippen LogP contribution is 2.30. The summed E-state index contributed by atoms with van der Waals surface area (Å²) in [4.78, 5) is 8.91. The van der Waals surface area contributed by atoms with Crippen molar-refractivity contribution < 1.29 is 14.2 Å². The average Bonchev–Trinajstić information content (AvgIpc) is 3.43. The quantitative estimate of drug-likeness (QED) is 0.630. The molecular weight excluding hydrogens is 382 g/mol. The first-order valence-electron chi connectivity index (χ1n) is 10.3. The number of hydrogen-bond donors (Lipinski definition) is 2. The van der Waals surface area contributed by atoms with Crippen molar-refractivity contribution in [2.75, 3.05) is 32.2 Å². The number of imidazole rings is 1. The third kappa shape index (κ3) is 3.53. The molecule has 3 aromatic rings. The maximum absolute atomic E-state index is 8.90. The van der Waals surface area contributed by atoms with Gasteiger partial charge in [0.1, 0.15) is 6.10 Å². The van der Waals surface area contributed by atoms with Gasteiger partial charge in [-0.25, -0.2) is 9.97 Å². The second kappa shape index (κ2) is 8.04. The van der Waals surface area contributed by atoms with Crippen molar-refractivity contribution in [3.05, 3.63) is 47.9 Å². The van der Waals surface area contributed by atoms with Crippen molar-refractivity contribution in [3.8, 4) is 5.88 Å². The van der Waals surface area contributed by atoms with Gasteiger partial charge < -0.3 is 24.5 Å². The summed E-state index contributed by atoms with van der Waals surface area (Å²) in [5, 5.41) is 8.90. The molecule has 2 fully saturated rings. The molecule has 3 N–H and O–H groups in total. The minimum Gasteiger partial charge on any atom is -0.474 e. The number of nitrogens with zero attached hydrogens (tertiary/aromatic N) is 3. The number of nitrogens with one attached hydrogen (secondary N) is 1. The Morgan fingerprint density at radius 1 is 1.10 bits per heavy atom. The molecule has 30 heavy (non-hydrogen) atoms. The zero-order valence-corrected chi connectivity index (χ0v) is 16.7. The fourth-order valence-electron chi connectivity index (χ4n) is 4.11. The lowest BCUT2D eigenvalue weighted by atomic mass is 10.0. The number of anilines is 1. The number of nitrogen functional groups attached to an aromatic ring is 1. The fourth-order valence-corrected chi connectivity index (χ4v) is 4.11. The van der Waals surface area contributed by atoms with Gasteiger partial charge in [-0.05, 0) is 24.6 Å². The van der Waals surface area contributed by atoms with E-state index in [0.717, 1.165) is 42.5 Å². The van der Waals surface area contributed by atoms with Crippen molar-refractivity contribution >= 4 is 22.4 Å². The van der Waals surface area contributed by atoms with E-state index < -0.39 is 0 Å². The SMILES string of the molecule is N=C(c1ccc2ncn(C3CCOC3)c2c1)c1c(N)ccnc1OC1CCOCC1. The van der Waals surface area contributed by atoms with Crippen LogP contribution in [0.5, 0.6) is 5.88 Å². The first-order valence-corrected chi connectivity index (χ1v) is 10.3. The second-order valence-electron chi connectivity index (χ2n) is 7.76. The monoisotopic (exact) mass is 407 g/mol. The molecule has 0 radical (unpaired) electrons. The molecule has 0 aliphatic carbocycles. The summed E-state index contributed by atoms with van der Waals surface area (Å²) in [5.41, 5.74) is 10.2. The molecule has 2 aliphatic heterocycles. The lowest BCUT2D eigenvalue weighted by Gasteiger charge is -2.24. The highest BCUT2D eigenvalue weighted by atomic mass is 16.5. The van der Waals surface area contributed by atoms with Crippen LogP contribution in [0.15, 0.2) is 36.8 Å². The Kier molecular flexibility index (Phi) is 5.10. The number of pyridine rings is 1. The molecule has 0 bridgehead atoms. The van der Waals surface area contributed by atoms with Gasteiger partial charge in [-0.2, -0.15) is 0 Å². The molecule has 1 unspecified atom stereocenters. The zero-order valence-electron chi connectivity index (χ0n) is 16.7. The van der Waals surface area contributed by atoms with Crippen molar-refractivity contribution in [1.82, 2.24) is 14.5 Å². The van der Waals surface area contributed by atoms with Crippen LogP contribution in [0.2, 0.25) is 0 Å². The fraction of sp³-hybridized carbons (Fsp3) is 0.409. The van der Waals surface area contributed by atoms with E-state index in [9.17, 15) is 0 Å². The number of aromatic nitrogens is 3. The number of benzene rings is 1. The topological polar surface area (TPSA) is 108 Å². The van der Waals surface area contributed by atoms with Gasteiger partial charge in [0.15, 0.2) is 0 Å². The number of fused-ring (bicyclic) bond motifs is 1. The van der Waals surface area contributed by atoms with Crippen LogP contribution in [0.25, 0.3) is 11.0 Å². The Bertz CT molecular complexity index is 1070. The summed E-state index contributed by atoms with van der Waals surface area (Å²) < 4.78 is 19.2. The molecule has 2 saturated heterocycles. The van der Waals surface area contributed by atoms with E-state index >= 15 is 0 Å². The van der Waals surface area contributed by atoms with Crippen LogP contribution in [0.4, 0.5) is 5.69 Å². The lowest BCUT2D eigenvalue weighted by molar-refractivity contribution is 0.0237. The molecule has 0 amide bonds. The van der Waals surface area contributed by atoms with Crippen molar-refractivity contribution in [2.24, 2.45) is 0 Å². The van der Waals surface area contributed by atoms with E-state index in [1.165, 1.54) is 0 Å². The molecular formula is C22H25N5O3. The van der Waals surface area contributed by atoms with E-state index in [1.54, 1.807) is 12.3 Å². The summed E-state index contributed by atoms with van der Waals surface area (Å²) >= 11 is 0. The summed E-state index contributed by atoms with van der Waals surface area (Å²) in [7, 11) is 0. The van der Waals surface area contributed by atoms with E-state index in [-0.39, 0.29) is 12.1 Å². The normalized spacial score (nSPS) is 19.9. The summed E-state index contributed by atoms with van der Waals surface area (Å²) in [6.45, 7) is 2.79. The first-order chi connectivity index (χ1) is 14.7. The van der Waals surface area contributed by atoms with Gasteiger partial charge in [0.25, 0.3) is 0 Å². The van der Waals surface area contributed by atoms with Gasteiger partial charge in [-0.15, -0.1) is 0 Å². The molecule has 1 atom stereocenters. The highest BCUT2D eigenvalue weighted by Gasteiger charge is 2.23. The van der Waals surface area contributed by atoms with Crippen molar-refractivity contribution in [3.63, 3.8) is 0 Å². The third-order valence-electron chi connectivity index (χ3n) is 5.81. The van der Waals surface area contributed by atoms with Crippen LogP contribution in [-0.2, 0) is 9.47 Å². The van der Waals surface area contributed by atoms with Gasteiger partial charge >= 0.3 is 0 Å². The summed E-state index contributed by atoms with van der Waals surface area (Å²) in [6, 6.07) is 7.82. The predicted molar refractivity (Wildman–Crippen MR) is 113 cm³/mol. The molecule has 2 aliphatic rings. The Labute approximate surface area is 174 Å². The maximum atomic E-state index is 8.90. The first kappa shape index (κ1) is 19.0. The van der Waals surface area contributed by atoms with E-state index in [0.29, 0.717) is 42.7 Å². The standard InChI is InChI=1S/C22H25N5O3/c23-17-3-7-25-22(30-16-5-9-28-10-6-16)20(17)21(24)14-1-2-18-19(11-14)27(13-26-18)15-4-8-29-12-15/h1-3,7,11,13,15-16,24H,4-6,8-10,12H2,(H2,23,25). The van der Waals surface area contributed by atoms with Gasteiger partial charge in [0, 0.05) is 36.9 Å². The molecule has 8 nitrogen and oxygen atoms in total. The molecule has 0 spiro atoms. The summed E-state index contributed by atoms with van der Waals surface area (Å²) in [5.74, 6) is 0.407. The Morgan fingerprint density at radius 2 is 1.93 bits per heavy atom. The van der Waals surface area contributed by atoms with Crippen LogP contribution in [0, 0.1) is 5.41 Å². The molecule has 2 aromatic heterocycles. The largest absolute Gasteiger partial charge is 0.474 e. The van der Waals surface area contributed by atoms with Crippen molar-refractivity contribution in [1.29, 1.82) is 5.41 Å². The van der Waals surface area contributed by atoms with Gasteiger partial charge in [0.2, 0.25) is 5.88 Å².